The van der Waals surface area contributed by atoms with Crippen molar-refractivity contribution >= 4 is 21.6 Å². The van der Waals surface area contributed by atoms with Gasteiger partial charge in [-0.3, -0.25) is 9.10 Å². The third-order valence-corrected chi connectivity index (χ3v) is 7.12. The largest absolute Gasteiger partial charge is 0.350 e. The highest BCUT2D eigenvalue weighted by Crippen LogP contribution is 2.24. The number of carbonyl (C=O) groups excluding carboxylic acids is 1. The van der Waals surface area contributed by atoms with Crippen molar-refractivity contribution in [1.82, 2.24) is 14.9 Å². The molecule has 0 fully saturated rings. The van der Waals surface area contributed by atoms with Crippen LogP contribution in [0.1, 0.15) is 11.4 Å². The van der Waals surface area contributed by atoms with Crippen LogP contribution in [0.2, 0.25) is 0 Å². The number of hydrogen-bond donors (Lipinski definition) is 1. The summed E-state index contributed by atoms with van der Waals surface area (Å²) in [5.74, 6) is -0.861. The molecule has 180 valence electrons. The van der Waals surface area contributed by atoms with Crippen molar-refractivity contribution in [3.63, 3.8) is 0 Å². The molecular weight excluding hydrogens is 474 g/mol. The van der Waals surface area contributed by atoms with Gasteiger partial charge >= 0.3 is 0 Å². The summed E-state index contributed by atoms with van der Waals surface area (Å²) in [6.07, 6.45) is 3.55. The second-order valence-electron chi connectivity index (χ2n) is 7.73. The number of halogens is 2. The van der Waals surface area contributed by atoms with Crippen LogP contribution in [0.5, 0.6) is 0 Å². The minimum atomic E-state index is -4.22. The Morgan fingerprint density at radius 3 is 2.11 bits per heavy atom. The lowest BCUT2D eigenvalue weighted by molar-refractivity contribution is -0.119. The molecule has 0 spiro atoms. The van der Waals surface area contributed by atoms with Crippen molar-refractivity contribution in [2.24, 2.45) is 0 Å². The van der Waals surface area contributed by atoms with E-state index in [1.807, 2.05) is 42.0 Å². The molecule has 1 amide bonds. The van der Waals surface area contributed by atoms with Gasteiger partial charge in [0.25, 0.3) is 10.0 Å². The van der Waals surface area contributed by atoms with Crippen LogP contribution >= 0.6 is 0 Å². The van der Waals surface area contributed by atoms with Gasteiger partial charge in [0.2, 0.25) is 5.91 Å². The highest BCUT2D eigenvalue weighted by atomic mass is 32.2. The molecule has 3 aromatic carbocycles. The van der Waals surface area contributed by atoms with Gasteiger partial charge in [0.1, 0.15) is 24.0 Å². The Hall–Kier alpha value is -4.05. The molecule has 1 aromatic heterocycles. The van der Waals surface area contributed by atoms with Gasteiger partial charge in [-0.05, 0) is 73.2 Å². The van der Waals surface area contributed by atoms with Crippen molar-refractivity contribution < 1.29 is 22.0 Å². The molecule has 0 aliphatic heterocycles. The van der Waals surface area contributed by atoms with Crippen LogP contribution in [0.4, 0.5) is 14.5 Å². The number of benzene rings is 3. The van der Waals surface area contributed by atoms with E-state index in [9.17, 15) is 22.0 Å². The van der Waals surface area contributed by atoms with Crippen LogP contribution in [-0.4, -0.2) is 30.4 Å². The lowest BCUT2D eigenvalue weighted by Crippen LogP contribution is -2.40. The maximum atomic E-state index is 13.4. The molecule has 35 heavy (non-hydrogen) atoms. The third-order valence-electron chi connectivity index (χ3n) is 5.33. The summed E-state index contributed by atoms with van der Waals surface area (Å²) in [5.41, 5.74) is 1.84. The number of amides is 1. The summed E-state index contributed by atoms with van der Waals surface area (Å²) >= 11 is 0. The minimum absolute atomic E-state index is 0.103. The van der Waals surface area contributed by atoms with E-state index in [0.717, 1.165) is 57.8 Å². The number of nitrogens with one attached hydrogen (secondary N) is 1. The fourth-order valence-electron chi connectivity index (χ4n) is 3.47. The van der Waals surface area contributed by atoms with Gasteiger partial charge in [-0.1, -0.05) is 12.1 Å². The van der Waals surface area contributed by atoms with Crippen LogP contribution in [0.25, 0.3) is 5.69 Å². The summed E-state index contributed by atoms with van der Waals surface area (Å²) in [5, 5.41) is 2.71. The highest BCUT2D eigenvalue weighted by molar-refractivity contribution is 7.92. The van der Waals surface area contributed by atoms with Crippen molar-refractivity contribution in [3.8, 4) is 5.69 Å². The van der Waals surface area contributed by atoms with Crippen molar-refractivity contribution in [3.05, 3.63) is 108 Å². The number of anilines is 1. The highest BCUT2D eigenvalue weighted by Gasteiger charge is 2.27. The van der Waals surface area contributed by atoms with E-state index in [1.165, 1.54) is 12.1 Å². The van der Waals surface area contributed by atoms with Crippen molar-refractivity contribution in [1.29, 1.82) is 0 Å². The standard InChI is InChI=1S/C25H22F2N4O3S/c1-18-28-14-15-30(18)22-8-2-19(3-9-22)16-29-25(32)17-31(23-10-4-20(26)5-11-23)35(33,34)24-12-6-21(27)7-13-24/h2-15H,16-17H2,1H3,(H,29,32). The third kappa shape index (κ3) is 5.55. The van der Waals surface area contributed by atoms with Gasteiger partial charge in [-0.15, -0.1) is 0 Å². The first-order valence-corrected chi connectivity index (χ1v) is 12.1. The number of rotatable bonds is 8. The molecule has 0 aliphatic rings. The van der Waals surface area contributed by atoms with Gasteiger partial charge in [0.05, 0.1) is 10.6 Å². The molecule has 4 rings (SSSR count). The van der Waals surface area contributed by atoms with Crippen LogP contribution in [0.3, 0.4) is 0 Å². The average Bonchev–Trinajstić information content (AvgIpc) is 3.28. The monoisotopic (exact) mass is 496 g/mol. The maximum absolute atomic E-state index is 13.4. The number of imidazole rings is 1. The van der Waals surface area contributed by atoms with Crippen molar-refractivity contribution in [2.45, 2.75) is 18.4 Å². The molecule has 0 unspecified atom stereocenters. The van der Waals surface area contributed by atoms with E-state index in [-0.39, 0.29) is 17.1 Å². The summed E-state index contributed by atoms with van der Waals surface area (Å²) < 4.78 is 56.0. The second kappa shape index (κ2) is 10.1. The molecule has 7 nitrogen and oxygen atoms in total. The van der Waals surface area contributed by atoms with E-state index in [4.69, 9.17) is 0 Å². The second-order valence-corrected chi connectivity index (χ2v) is 9.59. The van der Waals surface area contributed by atoms with E-state index in [2.05, 4.69) is 10.3 Å². The van der Waals surface area contributed by atoms with Gasteiger partial charge in [-0.25, -0.2) is 22.2 Å². The van der Waals surface area contributed by atoms with Crippen molar-refractivity contribution in [2.75, 3.05) is 10.8 Å². The van der Waals surface area contributed by atoms with E-state index >= 15 is 0 Å². The van der Waals surface area contributed by atoms with Gasteiger partial charge in [0, 0.05) is 24.6 Å². The number of nitrogens with zero attached hydrogens (tertiary/aromatic N) is 3. The molecule has 0 saturated carbocycles. The first-order valence-electron chi connectivity index (χ1n) is 10.6. The number of aromatic nitrogens is 2. The molecular formula is C25H22F2N4O3S. The number of carbonyl (C=O) groups is 1. The predicted octanol–water partition coefficient (Wildman–Crippen LogP) is 3.97. The lowest BCUT2D eigenvalue weighted by atomic mass is 10.2. The Morgan fingerprint density at radius 2 is 1.54 bits per heavy atom. The zero-order chi connectivity index (χ0) is 25.0. The van der Waals surface area contributed by atoms with E-state index in [0.29, 0.717) is 0 Å². The first kappa shape index (κ1) is 24.1. The average molecular weight is 497 g/mol. The van der Waals surface area contributed by atoms with Gasteiger partial charge in [0.15, 0.2) is 0 Å². The molecule has 0 radical (unpaired) electrons. The molecule has 1 N–H and O–H groups in total. The first-order chi connectivity index (χ1) is 16.7. The maximum Gasteiger partial charge on any atom is 0.264 e. The fraction of sp³-hybridized carbons (Fsp3) is 0.120. The fourth-order valence-corrected chi connectivity index (χ4v) is 4.89. The topological polar surface area (TPSA) is 84.3 Å². The smallest absolute Gasteiger partial charge is 0.264 e. The van der Waals surface area contributed by atoms with Crippen LogP contribution in [-0.2, 0) is 21.4 Å². The Balaban J connectivity index is 1.50. The molecule has 1 heterocycles. The molecule has 4 aromatic rings. The summed E-state index contributed by atoms with van der Waals surface area (Å²) in [6, 6.07) is 16.5. The lowest BCUT2D eigenvalue weighted by Gasteiger charge is -2.24. The minimum Gasteiger partial charge on any atom is -0.350 e. The van der Waals surface area contributed by atoms with E-state index in [1.54, 1.807) is 6.20 Å². The number of hydrogen-bond acceptors (Lipinski definition) is 4. The normalized spacial score (nSPS) is 11.3. The molecule has 0 atom stereocenters. The van der Waals surface area contributed by atoms with Crippen LogP contribution in [0.15, 0.2) is 90.1 Å². The predicted molar refractivity (Wildman–Crippen MR) is 127 cm³/mol. The zero-order valence-corrected chi connectivity index (χ0v) is 19.5. The Morgan fingerprint density at radius 1 is 0.943 bits per heavy atom. The molecule has 0 saturated heterocycles. The summed E-state index contributed by atoms with van der Waals surface area (Å²) in [7, 11) is -4.22. The quantitative estimate of drug-likeness (QED) is 0.400. The zero-order valence-electron chi connectivity index (χ0n) is 18.7. The van der Waals surface area contributed by atoms with Gasteiger partial charge in [-0.2, -0.15) is 0 Å². The Labute approximate surface area is 201 Å². The molecule has 0 aliphatic carbocycles. The Bertz CT molecular complexity index is 1420. The summed E-state index contributed by atoms with van der Waals surface area (Å²) in [4.78, 5) is 16.7. The molecule has 0 bridgehead atoms. The Kier molecular flexibility index (Phi) is 6.92. The van der Waals surface area contributed by atoms with E-state index < -0.39 is 34.1 Å². The van der Waals surface area contributed by atoms with Crippen LogP contribution in [0, 0.1) is 18.6 Å². The summed E-state index contributed by atoms with van der Waals surface area (Å²) in [6.45, 7) is 1.52. The number of sulfonamides is 1. The SMILES string of the molecule is Cc1nccn1-c1ccc(CNC(=O)CN(c2ccc(F)cc2)S(=O)(=O)c2ccc(F)cc2)cc1. The van der Waals surface area contributed by atoms with Gasteiger partial charge < -0.3 is 9.88 Å². The number of aryl methyl sites for hydroxylation is 1. The molecule has 10 heteroatoms. The van der Waals surface area contributed by atoms with Crippen LogP contribution < -0.4 is 9.62 Å².